The summed E-state index contributed by atoms with van der Waals surface area (Å²) in [5.41, 5.74) is 1.60. The summed E-state index contributed by atoms with van der Waals surface area (Å²) in [6.45, 7) is 0. The molecule has 0 saturated carbocycles. The van der Waals surface area contributed by atoms with E-state index in [1.807, 2.05) is 36.4 Å². The third kappa shape index (κ3) is 1.93. The van der Waals surface area contributed by atoms with Crippen LogP contribution in [0, 0.1) is 10.1 Å². The highest BCUT2D eigenvalue weighted by Gasteiger charge is 2.19. The van der Waals surface area contributed by atoms with Crippen LogP contribution in [0.4, 0.5) is 5.69 Å². The second kappa shape index (κ2) is 4.49. The first kappa shape index (κ1) is 11.3. The fraction of sp³-hybridized carbons (Fsp3) is 0. The molecule has 4 nitrogen and oxygen atoms in total. The molecule has 0 amide bonds. The van der Waals surface area contributed by atoms with Gasteiger partial charge in [0.15, 0.2) is 0 Å². The quantitative estimate of drug-likeness (QED) is 0.513. The number of hydrogen-bond acceptors (Lipinski definition) is 3. The summed E-state index contributed by atoms with van der Waals surface area (Å²) in [5.74, 6) is 0. The molecule has 0 aliphatic carbocycles. The Hall–Kier alpha value is -2.75. The molecule has 0 unspecified atom stereocenters. The molecule has 0 atom stereocenters. The summed E-state index contributed by atoms with van der Waals surface area (Å²) in [5, 5.41) is 12.8. The minimum atomic E-state index is -0.329. The molecule has 4 heteroatoms. The zero-order valence-corrected chi connectivity index (χ0v) is 9.98. The lowest BCUT2D eigenvalue weighted by molar-refractivity contribution is -0.382. The number of nitro benzene ring substituents is 1. The molecule has 1 aromatic heterocycles. The van der Waals surface area contributed by atoms with Crippen molar-refractivity contribution in [2.75, 3.05) is 0 Å². The molecule has 0 N–H and O–H groups in total. The summed E-state index contributed by atoms with van der Waals surface area (Å²) >= 11 is 0. The van der Waals surface area contributed by atoms with Crippen molar-refractivity contribution >= 4 is 16.5 Å². The van der Waals surface area contributed by atoms with Crippen molar-refractivity contribution in [3.05, 3.63) is 71.0 Å². The molecule has 0 bridgehead atoms. The van der Waals surface area contributed by atoms with E-state index in [9.17, 15) is 10.1 Å². The predicted octanol–water partition coefficient (Wildman–Crippen LogP) is 3.81. The van der Waals surface area contributed by atoms with Gasteiger partial charge in [-0.2, -0.15) is 0 Å². The van der Waals surface area contributed by atoms with Crippen molar-refractivity contribution in [3.63, 3.8) is 0 Å². The van der Waals surface area contributed by atoms with E-state index in [4.69, 9.17) is 0 Å². The first-order valence-electron chi connectivity index (χ1n) is 5.84. The Kier molecular flexibility index (Phi) is 2.68. The molecule has 1 heterocycles. The van der Waals surface area contributed by atoms with Crippen LogP contribution in [-0.2, 0) is 0 Å². The van der Waals surface area contributed by atoms with Crippen molar-refractivity contribution in [1.82, 2.24) is 4.98 Å². The minimum Gasteiger partial charge on any atom is -0.264 e. The molecule has 19 heavy (non-hydrogen) atoms. The van der Waals surface area contributed by atoms with Crippen molar-refractivity contribution in [3.8, 4) is 11.1 Å². The van der Waals surface area contributed by atoms with Crippen molar-refractivity contribution < 1.29 is 4.92 Å². The highest BCUT2D eigenvalue weighted by Crippen LogP contribution is 2.35. The number of hydrogen-bond donors (Lipinski definition) is 0. The van der Waals surface area contributed by atoms with Crippen LogP contribution >= 0.6 is 0 Å². The highest BCUT2D eigenvalue weighted by atomic mass is 16.6. The van der Waals surface area contributed by atoms with E-state index in [-0.39, 0.29) is 10.6 Å². The number of fused-ring (bicyclic) bond motifs is 1. The Morgan fingerprint density at radius 3 is 2.53 bits per heavy atom. The second-order valence-electron chi connectivity index (χ2n) is 4.18. The van der Waals surface area contributed by atoms with Crippen LogP contribution in [0.1, 0.15) is 0 Å². The van der Waals surface area contributed by atoms with Gasteiger partial charge in [-0.15, -0.1) is 0 Å². The molecule has 92 valence electrons. The van der Waals surface area contributed by atoms with E-state index in [1.54, 1.807) is 24.5 Å². The molecule has 2 aromatic carbocycles. The Bertz CT molecular complexity index is 754. The molecule has 0 fully saturated rings. The molecule has 0 aliphatic rings. The van der Waals surface area contributed by atoms with Crippen LogP contribution in [0.2, 0.25) is 0 Å². The van der Waals surface area contributed by atoms with Crippen LogP contribution in [0.25, 0.3) is 21.9 Å². The summed E-state index contributed by atoms with van der Waals surface area (Å²) in [6.07, 6.45) is 3.21. The van der Waals surface area contributed by atoms with E-state index < -0.39 is 0 Å². The lowest BCUT2D eigenvalue weighted by Crippen LogP contribution is -1.94. The van der Waals surface area contributed by atoms with Gasteiger partial charge in [-0.25, -0.2) is 0 Å². The molecule has 0 spiro atoms. The largest absolute Gasteiger partial charge is 0.285 e. The van der Waals surface area contributed by atoms with Crippen LogP contribution in [0.5, 0.6) is 0 Å². The number of nitrogens with zero attached hydrogens (tertiary/aromatic N) is 2. The van der Waals surface area contributed by atoms with Gasteiger partial charge in [-0.05, 0) is 17.7 Å². The van der Waals surface area contributed by atoms with Crippen LogP contribution in [-0.4, -0.2) is 9.91 Å². The van der Waals surface area contributed by atoms with Gasteiger partial charge in [-0.1, -0.05) is 36.4 Å². The van der Waals surface area contributed by atoms with Gasteiger partial charge in [0.2, 0.25) is 0 Å². The van der Waals surface area contributed by atoms with E-state index in [0.29, 0.717) is 10.9 Å². The molecular formula is C15H10N2O2. The number of pyridine rings is 1. The standard InChI is InChI=1S/C15H10N2O2/c18-17(19)15-13(11-4-2-1-3-5-11)7-6-12-10-16-9-8-14(12)15/h1-10H. The third-order valence-corrected chi connectivity index (χ3v) is 3.06. The number of benzene rings is 2. The van der Waals surface area contributed by atoms with Crippen LogP contribution < -0.4 is 0 Å². The van der Waals surface area contributed by atoms with E-state index >= 15 is 0 Å². The SMILES string of the molecule is O=[N+]([O-])c1c(-c2ccccc2)ccc2cnccc12. The van der Waals surface area contributed by atoms with Gasteiger partial charge in [0.25, 0.3) is 5.69 Å². The topological polar surface area (TPSA) is 56.0 Å². The number of aromatic nitrogens is 1. The maximum Gasteiger partial charge on any atom is 0.285 e. The predicted molar refractivity (Wildman–Crippen MR) is 73.8 cm³/mol. The highest BCUT2D eigenvalue weighted by molar-refractivity contribution is 5.97. The fourth-order valence-corrected chi connectivity index (χ4v) is 2.20. The summed E-state index contributed by atoms with van der Waals surface area (Å²) in [6, 6.07) is 14.7. The Balaban J connectivity index is 2.37. The second-order valence-corrected chi connectivity index (χ2v) is 4.18. The van der Waals surface area contributed by atoms with Gasteiger partial charge >= 0.3 is 0 Å². The zero-order chi connectivity index (χ0) is 13.2. The fourth-order valence-electron chi connectivity index (χ4n) is 2.20. The normalized spacial score (nSPS) is 10.5. The van der Waals surface area contributed by atoms with Gasteiger partial charge in [0.1, 0.15) is 0 Å². The average Bonchev–Trinajstić information content (AvgIpc) is 2.46. The molecule has 0 saturated heterocycles. The lowest BCUT2D eigenvalue weighted by Gasteiger charge is -2.06. The van der Waals surface area contributed by atoms with E-state index in [0.717, 1.165) is 10.9 Å². The van der Waals surface area contributed by atoms with E-state index in [1.165, 1.54) is 0 Å². The van der Waals surface area contributed by atoms with Gasteiger partial charge in [-0.3, -0.25) is 15.1 Å². The Morgan fingerprint density at radius 2 is 1.79 bits per heavy atom. The monoisotopic (exact) mass is 250 g/mol. The van der Waals surface area contributed by atoms with Crippen LogP contribution in [0.3, 0.4) is 0 Å². The van der Waals surface area contributed by atoms with Crippen molar-refractivity contribution in [2.24, 2.45) is 0 Å². The van der Waals surface area contributed by atoms with Crippen molar-refractivity contribution in [1.29, 1.82) is 0 Å². The average molecular weight is 250 g/mol. The van der Waals surface area contributed by atoms with Gasteiger partial charge in [0, 0.05) is 17.8 Å². The Labute approximate surface area is 109 Å². The zero-order valence-electron chi connectivity index (χ0n) is 9.98. The molecule has 0 aliphatic heterocycles. The van der Waals surface area contributed by atoms with Crippen molar-refractivity contribution in [2.45, 2.75) is 0 Å². The summed E-state index contributed by atoms with van der Waals surface area (Å²) in [4.78, 5) is 15.1. The third-order valence-electron chi connectivity index (χ3n) is 3.06. The number of nitro groups is 1. The number of rotatable bonds is 2. The molecular weight excluding hydrogens is 240 g/mol. The molecule has 0 radical (unpaired) electrons. The molecule has 3 aromatic rings. The minimum absolute atomic E-state index is 0.131. The van der Waals surface area contributed by atoms with E-state index in [2.05, 4.69) is 4.98 Å². The summed E-state index contributed by atoms with van der Waals surface area (Å²) < 4.78 is 0. The van der Waals surface area contributed by atoms with Gasteiger partial charge < -0.3 is 0 Å². The summed E-state index contributed by atoms with van der Waals surface area (Å²) in [7, 11) is 0. The van der Waals surface area contributed by atoms with Crippen LogP contribution in [0.15, 0.2) is 60.9 Å². The maximum atomic E-state index is 11.4. The Morgan fingerprint density at radius 1 is 1.00 bits per heavy atom. The first-order valence-corrected chi connectivity index (χ1v) is 5.84. The smallest absolute Gasteiger partial charge is 0.264 e. The maximum absolute atomic E-state index is 11.4. The first-order chi connectivity index (χ1) is 9.27. The van der Waals surface area contributed by atoms with Gasteiger partial charge in [0.05, 0.1) is 15.9 Å². The lowest BCUT2D eigenvalue weighted by atomic mass is 10.00. The molecule has 3 rings (SSSR count).